The predicted octanol–water partition coefficient (Wildman–Crippen LogP) is -0.0333. The number of aromatic hydroxyl groups is 2. The fourth-order valence-electron chi connectivity index (χ4n) is 5.11. The number of unbranched alkanes of at least 4 members (excludes halogenated alkanes) is 1. The molecule has 4 heterocycles. The van der Waals surface area contributed by atoms with Gasteiger partial charge in [0.1, 0.15) is 36.0 Å². The lowest BCUT2D eigenvalue weighted by Crippen LogP contribution is -2.71. The molecule has 5 rings (SSSR count). The molecule has 2 atom stereocenters. The van der Waals surface area contributed by atoms with Gasteiger partial charge in [0.15, 0.2) is 28.1 Å². The minimum Gasteiger partial charge on any atom is -0.543 e. The van der Waals surface area contributed by atoms with E-state index in [1.165, 1.54) is 49.2 Å². The number of β-lactam (4-membered cyclic amide) rings is 1. The van der Waals surface area contributed by atoms with Crippen molar-refractivity contribution in [1.82, 2.24) is 19.8 Å². The van der Waals surface area contributed by atoms with E-state index in [9.17, 15) is 44.4 Å². The van der Waals surface area contributed by atoms with Crippen LogP contribution < -0.4 is 20.7 Å². The lowest BCUT2D eigenvalue weighted by atomic mass is 10.0. The Kier molecular flexibility index (Phi) is 10.5. The zero-order valence-electron chi connectivity index (χ0n) is 26.8. The summed E-state index contributed by atoms with van der Waals surface area (Å²) in [7, 11) is 0. The number of imidazole rings is 1. The van der Waals surface area contributed by atoms with E-state index in [0.29, 0.717) is 30.5 Å². The van der Waals surface area contributed by atoms with Crippen molar-refractivity contribution in [3.63, 3.8) is 0 Å². The first-order valence-electron chi connectivity index (χ1n) is 15.2. The topological polar surface area (TPSA) is 254 Å². The summed E-state index contributed by atoms with van der Waals surface area (Å²) < 4.78 is 3.64. The van der Waals surface area contributed by atoms with E-state index in [-0.39, 0.29) is 52.5 Å². The van der Waals surface area contributed by atoms with Crippen LogP contribution in [0.1, 0.15) is 49.2 Å². The Hall–Kier alpha value is -5.43. The van der Waals surface area contributed by atoms with Gasteiger partial charge in [0.05, 0.1) is 18.2 Å². The molecule has 0 spiro atoms. The van der Waals surface area contributed by atoms with Crippen LogP contribution in [0.3, 0.4) is 0 Å². The highest BCUT2D eigenvalue weighted by atomic mass is 32.2. The van der Waals surface area contributed by atoms with E-state index in [2.05, 4.69) is 15.5 Å². The monoisotopic (exact) mass is 727 g/mol. The number of rotatable bonds is 15. The van der Waals surface area contributed by atoms with E-state index < -0.39 is 46.5 Å². The molecule has 2 aliphatic rings. The van der Waals surface area contributed by atoms with Gasteiger partial charge in [-0.1, -0.05) is 5.16 Å². The molecule has 2 aliphatic heterocycles. The van der Waals surface area contributed by atoms with Crippen LogP contribution in [-0.4, -0.2) is 87.8 Å². The van der Waals surface area contributed by atoms with Crippen molar-refractivity contribution in [3.05, 3.63) is 64.8 Å². The lowest BCUT2D eigenvalue weighted by molar-refractivity contribution is -0.688. The predicted molar refractivity (Wildman–Crippen MR) is 175 cm³/mol. The van der Waals surface area contributed by atoms with Crippen molar-refractivity contribution in [2.75, 3.05) is 11.5 Å². The number of fused-ring (bicyclic) bond motifs is 1. The van der Waals surface area contributed by atoms with Crippen molar-refractivity contribution in [2.24, 2.45) is 5.16 Å². The number of aromatic nitrogens is 3. The van der Waals surface area contributed by atoms with Crippen molar-refractivity contribution in [2.45, 2.75) is 63.2 Å². The summed E-state index contributed by atoms with van der Waals surface area (Å²) in [5.41, 5.74) is 3.95. The first kappa shape index (κ1) is 35.9. The molecule has 2 amide bonds. The maximum Gasteiger partial charge on any atom is 0.350 e. The van der Waals surface area contributed by atoms with Crippen molar-refractivity contribution in [3.8, 4) is 11.5 Å². The molecule has 0 unspecified atom stereocenters. The summed E-state index contributed by atoms with van der Waals surface area (Å²) in [5.74, 6) is -5.06. The first-order chi connectivity index (χ1) is 23.7. The summed E-state index contributed by atoms with van der Waals surface area (Å²) in [6.45, 7) is 3.19. The number of anilines is 1. The average Bonchev–Trinajstić information content (AvgIpc) is 3.71. The molecule has 1 aromatic carbocycles. The number of thiazole rings is 1. The second-order valence-electron chi connectivity index (χ2n) is 11.9. The van der Waals surface area contributed by atoms with E-state index in [1.54, 1.807) is 23.3 Å². The number of oxime groups is 1. The number of phenolic OH excluding ortho intramolecular Hbond substituents is 2. The number of amides is 2. The molecule has 0 aliphatic carbocycles. The second kappa shape index (κ2) is 14.6. The molecular formula is C31H33N7O10S2. The number of carboxylic acid groups (broad SMARTS) is 2. The number of benzene rings is 1. The fraction of sp³-hybridized carbons (Fsp3) is 0.355. The SMILES string of the molecule is CC(C)(O/N=C(/C(=O)N[C@@H]1C(=O)N2C(C(=O)[O-])=C(C[n+]3ccn(CCCCC(=O)c4ccc(O)c(O)c4)c3)CS[C@H]12)c1csc(N)n1)C(=O)O. The highest BCUT2D eigenvalue weighted by Crippen LogP contribution is 2.40. The number of nitrogens with two attached hydrogens (primary N) is 1. The number of nitrogens with one attached hydrogen (secondary N) is 1. The summed E-state index contributed by atoms with van der Waals surface area (Å²) in [6, 6.07) is 2.82. The highest BCUT2D eigenvalue weighted by Gasteiger charge is 2.53. The van der Waals surface area contributed by atoms with Gasteiger partial charge in [0, 0.05) is 28.7 Å². The number of nitrogen functional groups attached to an aromatic ring is 1. The standard InChI is InChI=1S/C31H33N7O10S2/c1-31(2,29(46)47)48-35-22(18-14-50-30(32)33-18)25(42)34-23-26(43)38-24(28(44)45)17(13-49-27(23)38)12-37-10-9-36(15-37)8-4-3-5-19(39)16-6-7-20(40)21(41)11-16/h6-7,9-11,14-15,23,27H,3-5,8,12-13H2,1-2H3,(H6-,32,33,34,35,39,40,41,42,44,45,46,47)/t23-,27-/m1/s1. The van der Waals surface area contributed by atoms with E-state index in [1.807, 2.05) is 4.57 Å². The second-order valence-corrected chi connectivity index (χ2v) is 13.9. The number of carbonyl (C=O) groups is 5. The number of Topliss-reactive ketones (excluding diaryl/α,β-unsaturated/α-hetero) is 1. The number of carbonyl (C=O) groups excluding carboxylic acids is 4. The summed E-state index contributed by atoms with van der Waals surface area (Å²) >= 11 is 2.26. The van der Waals surface area contributed by atoms with Crippen LogP contribution in [0.5, 0.6) is 11.5 Å². The Morgan fingerprint density at radius 3 is 2.64 bits per heavy atom. The Labute approximate surface area is 292 Å². The lowest BCUT2D eigenvalue weighted by Gasteiger charge is -2.50. The van der Waals surface area contributed by atoms with Crippen molar-refractivity contribution in [1.29, 1.82) is 0 Å². The number of thioether (sulfide) groups is 1. The number of ketones is 1. The number of hydrogen-bond acceptors (Lipinski definition) is 14. The van der Waals surface area contributed by atoms with Crippen LogP contribution in [-0.2, 0) is 37.1 Å². The molecule has 17 nitrogen and oxygen atoms in total. The average molecular weight is 728 g/mol. The summed E-state index contributed by atoms with van der Waals surface area (Å²) in [6.07, 6.45) is 6.81. The van der Waals surface area contributed by atoms with Crippen LogP contribution in [0.15, 0.2) is 58.7 Å². The molecule has 0 bridgehead atoms. The third kappa shape index (κ3) is 7.73. The zero-order valence-corrected chi connectivity index (χ0v) is 28.4. The molecule has 1 fully saturated rings. The molecule has 3 aromatic rings. The number of aryl methyl sites for hydroxylation is 1. The molecule has 6 N–H and O–H groups in total. The van der Waals surface area contributed by atoms with Gasteiger partial charge >= 0.3 is 5.97 Å². The Morgan fingerprint density at radius 1 is 1.22 bits per heavy atom. The van der Waals surface area contributed by atoms with Gasteiger partial charge in [0.25, 0.3) is 11.8 Å². The molecule has 19 heteroatoms. The minimum atomic E-state index is -1.79. The number of aliphatic carboxylic acids is 2. The molecule has 0 radical (unpaired) electrons. The van der Waals surface area contributed by atoms with E-state index >= 15 is 0 Å². The van der Waals surface area contributed by atoms with Crippen LogP contribution in [0.25, 0.3) is 0 Å². The van der Waals surface area contributed by atoms with Crippen LogP contribution in [0, 0.1) is 0 Å². The van der Waals surface area contributed by atoms with E-state index in [4.69, 9.17) is 10.6 Å². The number of carboxylic acids is 2. The number of nitrogens with zero attached hydrogens (tertiary/aromatic N) is 5. The summed E-state index contributed by atoms with van der Waals surface area (Å²) in [5, 5.41) is 47.7. The quantitative estimate of drug-likeness (QED) is 0.0263. The molecule has 264 valence electrons. The molecule has 2 aromatic heterocycles. The molecule has 0 saturated carbocycles. The molecule has 50 heavy (non-hydrogen) atoms. The fourth-order valence-corrected chi connectivity index (χ4v) is 6.99. The number of phenols is 2. The maximum absolute atomic E-state index is 13.3. The van der Waals surface area contributed by atoms with Gasteiger partial charge in [-0.25, -0.2) is 18.9 Å². The normalized spacial score (nSPS) is 17.6. The third-order valence-corrected chi connectivity index (χ3v) is 9.89. The zero-order chi connectivity index (χ0) is 36.3. The Bertz CT molecular complexity index is 1920. The molecular weight excluding hydrogens is 695 g/mol. The van der Waals surface area contributed by atoms with Gasteiger partial charge in [-0.2, -0.15) is 0 Å². The third-order valence-electron chi connectivity index (χ3n) is 7.87. The first-order valence-corrected chi connectivity index (χ1v) is 17.1. The largest absolute Gasteiger partial charge is 0.543 e. The summed E-state index contributed by atoms with van der Waals surface area (Å²) in [4.78, 5) is 72.9. The highest BCUT2D eigenvalue weighted by molar-refractivity contribution is 8.00. The van der Waals surface area contributed by atoms with Gasteiger partial charge in [-0.15, -0.1) is 23.1 Å². The van der Waals surface area contributed by atoms with Crippen LogP contribution in [0.4, 0.5) is 5.13 Å². The van der Waals surface area contributed by atoms with Gasteiger partial charge in [-0.05, 0) is 44.9 Å². The molecule has 1 saturated heterocycles. The smallest absolute Gasteiger partial charge is 0.350 e. The Balaban J connectivity index is 1.20. The van der Waals surface area contributed by atoms with Gasteiger partial charge in [0.2, 0.25) is 11.9 Å². The number of hydrogen-bond donors (Lipinski definition) is 5. The minimum absolute atomic E-state index is 0.00333. The van der Waals surface area contributed by atoms with E-state index in [0.717, 1.165) is 16.2 Å². The van der Waals surface area contributed by atoms with Crippen LogP contribution >= 0.6 is 23.1 Å². The van der Waals surface area contributed by atoms with Crippen LogP contribution in [0.2, 0.25) is 0 Å². The van der Waals surface area contributed by atoms with Gasteiger partial charge < -0.3 is 41.1 Å². The maximum atomic E-state index is 13.3. The Morgan fingerprint density at radius 2 is 1.98 bits per heavy atom. The van der Waals surface area contributed by atoms with Crippen molar-refractivity contribution >= 4 is 63.5 Å². The van der Waals surface area contributed by atoms with Crippen molar-refractivity contribution < 1.29 is 53.8 Å². The van der Waals surface area contributed by atoms with Gasteiger partial charge in [-0.3, -0.25) is 19.3 Å².